The van der Waals surface area contributed by atoms with Crippen molar-refractivity contribution >= 4 is 29.7 Å². The number of hydrogen-bond acceptors (Lipinski definition) is 9. The van der Waals surface area contributed by atoms with Crippen molar-refractivity contribution in [1.29, 1.82) is 0 Å². The average Bonchev–Trinajstić information content (AvgIpc) is 2.63. The maximum Gasteiger partial charge on any atom is 0.308 e. The van der Waals surface area contributed by atoms with E-state index in [0.717, 1.165) is 0 Å². The molecule has 2 aromatic rings. The van der Waals surface area contributed by atoms with Gasteiger partial charge in [-0.2, -0.15) is 0 Å². The molecule has 0 N–H and O–H groups in total. The van der Waals surface area contributed by atoms with Crippen LogP contribution in [0.2, 0.25) is 0 Å². The number of hydrogen-bond donors (Lipinski definition) is 0. The van der Waals surface area contributed by atoms with Crippen LogP contribution in [-0.2, 0) is 25.6 Å². The van der Waals surface area contributed by atoms with Crippen LogP contribution in [0.3, 0.4) is 0 Å². The van der Waals surface area contributed by atoms with Crippen LogP contribution in [0.25, 0.3) is 0 Å². The van der Waals surface area contributed by atoms with E-state index < -0.39 is 23.9 Å². The first-order valence-electron chi connectivity index (χ1n) is 9.09. The second-order valence-corrected chi connectivity index (χ2v) is 6.42. The fourth-order valence-electron chi connectivity index (χ4n) is 2.58. The summed E-state index contributed by atoms with van der Waals surface area (Å²) in [5.41, 5.74) is 0.681. The van der Waals surface area contributed by atoms with Crippen molar-refractivity contribution in [3.63, 3.8) is 0 Å². The molecule has 0 aromatic heterocycles. The fourth-order valence-corrected chi connectivity index (χ4v) is 2.58. The Labute approximate surface area is 177 Å². The van der Waals surface area contributed by atoms with E-state index in [1.165, 1.54) is 58.0 Å². The maximum absolute atomic E-state index is 12.7. The molecule has 2 aromatic carbocycles. The molecule has 2 rings (SSSR count). The maximum atomic E-state index is 12.7. The summed E-state index contributed by atoms with van der Waals surface area (Å²) in [6, 6.07) is 8.44. The number of carbonyl (C=O) groups is 5. The lowest BCUT2D eigenvalue weighted by Gasteiger charge is -2.12. The van der Waals surface area contributed by atoms with Gasteiger partial charge in [0.25, 0.3) is 0 Å². The molecular weight excluding hydrogens is 408 g/mol. The minimum Gasteiger partial charge on any atom is -0.423 e. The average molecular weight is 428 g/mol. The monoisotopic (exact) mass is 428 g/mol. The molecule has 0 aliphatic heterocycles. The first-order valence-corrected chi connectivity index (χ1v) is 9.09. The van der Waals surface area contributed by atoms with Crippen LogP contribution in [0, 0.1) is 0 Å². The second kappa shape index (κ2) is 10.1. The number of rotatable bonds is 7. The Balaban J connectivity index is 2.31. The lowest BCUT2D eigenvalue weighted by Crippen LogP contribution is -2.10. The fraction of sp³-hybridized carbons (Fsp3) is 0.227. The van der Waals surface area contributed by atoms with Crippen LogP contribution in [-0.4, -0.2) is 29.7 Å². The molecule has 0 radical (unpaired) electrons. The summed E-state index contributed by atoms with van der Waals surface area (Å²) in [5.74, 6) is -2.85. The topological polar surface area (TPSA) is 122 Å². The number of carbonyl (C=O) groups excluding carboxylic acids is 5. The molecule has 0 aliphatic rings. The molecule has 162 valence electrons. The standard InChI is InChI=1S/C22H20O9/c1-12(23)28-19-7-5-16(10-21(19)30-14(3)25)9-18(27)17-6-8-20(29-13(2)24)22(11-17)31-15(4)26/h5-8,10-11H,9H2,1-4H3. The zero-order valence-corrected chi connectivity index (χ0v) is 17.3. The van der Waals surface area contributed by atoms with Crippen LogP contribution < -0.4 is 18.9 Å². The van der Waals surface area contributed by atoms with Crippen molar-refractivity contribution in [3.05, 3.63) is 47.5 Å². The van der Waals surface area contributed by atoms with Gasteiger partial charge in [0.1, 0.15) is 0 Å². The molecule has 9 nitrogen and oxygen atoms in total. The van der Waals surface area contributed by atoms with E-state index in [1.807, 2.05) is 0 Å². The molecule has 9 heteroatoms. The summed E-state index contributed by atoms with van der Waals surface area (Å²) in [7, 11) is 0. The van der Waals surface area contributed by atoms with Crippen LogP contribution in [0.5, 0.6) is 23.0 Å². The number of ether oxygens (including phenoxy) is 4. The van der Waals surface area contributed by atoms with Gasteiger partial charge < -0.3 is 18.9 Å². The van der Waals surface area contributed by atoms with Gasteiger partial charge in [-0.05, 0) is 35.9 Å². The summed E-state index contributed by atoms with van der Waals surface area (Å²) in [6.45, 7) is 4.76. The summed E-state index contributed by atoms with van der Waals surface area (Å²) in [6.07, 6.45) is -0.0962. The predicted molar refractivity (Wildman–Crippen MR) is 106 cm³/mol. The molecular formula is C22H20O9. The third-order valence-corrected chi connectivity index (χ3v) is 3.65. The first-order chi connectivity index (χ1) is 14.5. The Morgan fingerprint density at radius 3 is 1.48 bits per heavy atom. The first kappa shape index (κ1) is 23.3. The zero-order chi connectivity index (χ0) is 23.1. The lowest BCUT2D eigenvalue weighted by atomic mass is 10.0. The van der Waals surface area contributed by atoms with Crippen LogP contribution in [0.4, 0.5) is 0 Å². The molecule has 0 amide bonds. The molecule has 0 heterocycles. The summed E-state index contributed by atoms with van der Waals surface area (Å²) in [4.78, 5) is 57.8. The van der Waals surface area contributed by atoms with E-state index in [-0.39, 0.29) is 40.8 Å². The molecule has 0 spiro atoms. The molecule has 0 saturated carbocycles. The number of Topliss-reactive ketones (excluding diaryl/α,β-unsaturated/α-hetero) is 1. The molecule has 0 bridgehead atoms. The summed E-state index contributed by atoms with van der Waals surface area (Å²) < 4.78 is 20.1. The smallest absolute Gasteiger partial charge is 0.308 e. The van der Waals surface area contributed by atoms with E-state index >= 15 is 0 Å². The van der Waals surface area contributed by atoms with Crippen LogP contribution in [0.1, 0.15) is 43.6 Å². The molecule has 0 fully saturated rings. The van der Waals surface area contributed by atoms with Crippen molar-refractivity contribution < 1.29 is 42.9 Å². The van der Waals surface area contributed by atoms with Crippen LogP contribution in [0.15, 0.2) is 36.4 Å². The van der Waals surface area contributed by atoms with Crippen molar-refractivity contribution in [2.45, 2.75) is 34.1 Å². The van der Waals surface area contributed by atoms with Crippen molar-refractivity contribution in [3.8, 4) is 23.0 Å². The third kappa shape index (κ3) is 7.07. The number of benzene rings is 2. The van der Waals surface area contributed by atoms with E-state index in [9.17, 15) is 24.0 Å². The minimum atomic E-state index is -0.648. The molecule has 0 saturated heterocycles. The van der Waals surface area contributed by atoms with Gasteiger partial charge in [-0.3, -0.25) is 24.0 Å². The van der Waals surface area contributed by atoms with Gasteiger partial charge in [0.15, 0.2) is 28.8 Å². The Hall–Kier alpha value is -4.01. The Morgan fingerprint density at radius 1 is 0.581 bits per heavy atom. The van der Waals surface area contributed by atoms with Gasteiger partial charge in [-0.15, -0.1) is 0 Å². The van der Waals surface area contributed by atoms with Crippen molar-refractivity contribution in [2.75, 3.05) is 0 Å². The second-order valence-electron chi connectivity index (χ2n) is 6.42. The van der Waals surface area contributed by atoms with E-state index in [0.29, 0.717) is 5.56 Å². The minimum absolute atomic E-state index is 0.00110. The quantitative estimate of drug-likeness (QED) is 0.372. The highest BCUT2D eigenvalue weighted by molar-refractivity contribution is 5.98. The van der Waals surface area contributed by atoms with Gasteiger partial charge >= 0.3 is 23.9 Å². The van der Waals surface area contributed by atoms with E-state index in [1.54, 1.807) is 6.07 Å². The molecule has 0 aliphatic carbocycles. The summed E-state index contributed by atoms with van der Waals surface area (Å²) in [5, 5.41) is 0. The van der Waals surface area contributed by atoms with Gasteiger partial charge in [-0.25, -0.2) is 0 Å². The van der Waals surface area contributed by atoms with E-state index in [2.05, 4.69) is 0 Å². The van der Waals surface area contributed by atoms with E-state index in [4.69, 9.17) is 18.9 Å². The highest BCUT2D eigenvalue weighted by atomic mass is 16.6. The normalized spacial score (nSPS) is 10.1. The van der Waals surface area contributed by atoms with Crippen molar-refractivity contribution in [1.82, 2.24) is 0 Å². The third-order valence-electron chi connectivity index (χ3n) is 3.65. The Morgan fingerprint density at radius 2 is 1.00 bits per heavy atom. The highest BCUT2D eigenvalue weighted by Gasteiger charge is 2.17. The van der Waals surface area contributed by atoms with Crippen molar-refractivity contribution in [2.24, 2.45) is 0 Å². The Bertz CT molecular complexity index is 1050. The van der Waals surface area contributed by atoms with Crippen LogP contribution >= 0.6 is 0 Å². The molecule has 0 atom stereocenters. The lowest BCUT2D eigenvalue weighted by molar-refractivity contribution is -0.134. The number of esters is 4. The SMILES string of the molecule is CC(=O)Oc1ccc(CC(=O)c2ccc(OC(C)=O)c(OC(C)=O)c2)cc1OC(C)=O. The molecule has 31 heavy (non-hydrogen) atoms. The predicted octanol–water partition coefficient (Wildman–Crippen LogP) is 2.81. The Kier molecular flexibility index (Phi) is 7.62. The highest BCUT2D eigenvalue weighted by Crippen LogP contribution is 2.31. The zero-order valence-electron chi connectivity index (χ0n) is 17.3. The van der Waals surface area contributed by atoms with Gasteiger partial charge in [0.05, 0.1) is 0 Å². The van der Waals surface area contributed by atoms with Gasteiger partial charge in [-0.1, -0.05) is 6.07 Å². The summed E-state index contributed by atoms with van der Waals surface area (Å²) >= 11 is 0. The number of ketones is 1. The van der Waals surface area contributed by atoms with Gasteiger partial charge in [0, 0.05) is 39.7 Å². The van der Waals surface area contributed by atoms with Gasteiger partial charge in [0.2, 0.25) is 0 Å². The largest absolute Gasteiger partial charge is 0.423 e. The molecule has 0 unspecified atom stereocenters.